The molecule has 108 valence electrons. The molecule has 0 amide bonds. The molecular formula is C15H16FN5. The summed E-state index contributed by atoms with van der Waals surface area (Å²) < 4.78 is 16.2. The Morgan fingerprint density at radius 3 is 2.95 bits per heavy atom. The maximum atomic E-state index is 14.1. The third kappa shape index (κ3) is 2.22. The molecule has 0 aliphatic rings. The lowest BCUT2D eigenvalue weighted by Gasteiger charge is -2.11. The number of fused-ring (bicyclic) bond motifs is 1. The minimum Gasteiger partial charge on any atom is -0.368 e. The number of hydrogen-bond donors (Lipinski definition) is 1. The quantitative estimate of drug-likeness (QED) is 0.802. The predicted octanol–water partition coefficient (Wildman–Crippen LogP) is 3.19. The van der Waals surface area contributed by atoms with E-state index in [1.165, 1.54) is 0 Å². The highest BCUT2D eigenvalue weighted by Gasteiger charge is 2.18. The van der Waals surface area contributed by atoms with E-state index >= 15 is 0 Å². The van der Waals surface area contributed by atoms with Gasteiger partial charge in [0.25, 0.3) is 0 Å². The van der Waals surface area contributed by atoms with Gasteiger partial charge in [0, 0.05) is 24.0 Å². The van der Waals surface area contributed by atoms with Crippen molar-refractivity contribution >= 4 is 17.0 Å². The molecule has 0 aliphatic carbocycles. The van der Waals surface area contributed by atoms with Crippen molar-refractivity contribution < 1.29 is 4.39 Å². The van der Waals surface area contributed by atoms with E-state index in [1.807, 2.05) is 18.3 Å². The minimum absolute atomic E-state index is 0.0479. The summed E-state index contributed by atoms with van der Waals surface area (Å²) in [7, 11) is 0. The highest BCUT2D eigenvalue weighted by molar-refractivity contribution is 5.92. The molecule has 0 saturated heterocycles. The van der Waals surface area contributed by atoms with Crippen LogP contribution in [-0.2, 0) is 0 Å². The largest absolute Gasteiger partial charge is 0.368 e. The van der Waals surface area contributed by atoms with Gasteiger partial charge in [-0.15, -0.1) is 0 Å². The zero-order valence-electron chi connectivity index (χ0n) is 11.9. The summed E-state index contributed by atoms with van der Waals surface area (Å²) in [6.07, 6.45) is 5.63. The number of nitrogens with two attached hydrogens (primary N) is 1. The minimum atomic E-state index is -0.502. The van der Waals surface area contributed by atoms with E-state index in [0.29, 0.717) is 5.56 Å². The van der Waals surface area contributed by atoms with Gasteiger partial charge >= 0.3 is 0 Å². The zero-order valence-corrected chi connectivity index (χ0v) is 11.9. The molecule has 21 heavy (non-hydrogen) atoms. The average Bonchev–Trinajstić information content (AvgIpc) is 2.88. The van der Waals surface area contributed by atoms with Gasteiger partial charge in [0.1, 0.15) is 5.69 Å². The summed E-state index contributed by atoms with van der Waals surface area (Å²) in [5, 5.41) is 0. The van der Waals surface area contributed by atoms with Gasteiger partial charge in [0.05, 0.1) is 17.2 Å². The van der Waals surface area contributed by atoms with Crippen LogP contribution < -0.4 is 5.73 Å². The van der Waals surface area contributed by atoms with Crippen LogP contribution in [-0.4, -0.2) is 19.5 Å². The number of pyridine rings is 1. The Hall–Kier alpha value is -2.50. The number of halogens is 1. The van der Waals surface area contributed by atoms with Gasteiger partial charge in [0.2, 0.25) is 5.95 Å². The summed E-state index contributed by atoms with van der Waals surface area (Å²) in [5.41, 5.74) is 8.08. The molecule has 1 unspecified atom stereocenters. The molecule has 0 aliphatic heterocycles. The van der Waals surface area contributed by atoms with Gasteiger partial charge in [-0.05, 0) is 25.5 Å². The molecule has 0 radical (unpaired) electrons. The van der Waals surface area contributed by atoms with E-state index in [9.17, 15) is 4.39 Å². The third-order valence-electron chi connectivity index (χ3n) is 3.67. The van der Waals surface area contributed by atoms with Gasteiger partial charge in [-0.25, -0.2) is 14.4 Å². The van der Waals surface area contributed by atoms with Crippen LogP contribution in [0.25, 0.3) is 22.3 Å². The van der Waals surface area contributed by atoms with Crippen molar-refractivity contribution in [3.05, 3.63) is 36.5 Å². The summed E-state index contributed by atoms with van der Waals surface area (Å²) in [4.78, 5) is 12.1. The molecule has 0 saturated carbocycles. The van der Waals surface area contributed by atoms with E-state index in [0.717, 1.165) is 23.7 Å². The summed E-state index contributed by atoms with van der Waals surface area (Å²) >= 11 is 0. The number of nitrogen functional groups attached to an aromatic ring is 1. The van der Waals surface area contributed by atoms with Gasteiger partial charge in [-0.1, -0.05) is 6.92 Å². The smallest absolute Gasteiger partial charge is 0.220 e. The Kier molecular flexibility index (Phi) is 3.29. The summed E-state index contributed by atoms with van der Waals surface area (Å²) in [6, 6.07) is 4.13. The molecule has 3 rings (SSSR count). The monoisotopic (exact) mass is 285 g/mol. The van der Waals surface area contributed by atoms with Crippen molar-refractivity contribution in [3.63, 3.8) is 0 Å². The topological polar surface area (TPSA) is 69.6 Å². The molecule has 0 bridgehead atoms. The first-order valence-corrected chi connectivity index (χ1v) is 6.85. The molecule has 0 aromatic carbocycles. The van der Waals surface area contributed by atoms with E-state index in [4.69, 9.17) is 5.73 Å². The molecule has 2 N–H and O–H groups in total. The Labute approximate surface area is 121 Å². The maximum absolute atomic E-state index is 14.1. The molecular weight excluding hydrogens is 269 g/mol. The van der Waals surface area contributed by atoms with E-state index < -0.39 is 5.82 Å². The van der Waals surface area contributed by atoms with E-state index in [-0.39, 0.29) is 17.7 Å². The molecule has 5 nitrogen and oxygen atoms in total. The average molecular weight is 285 g/mol. The highest BCUT2D eigenvalue weighted by atomic mass is 19.1. The standard InChI is InChI=1S/C15H16FN5/c1-3-9(2)21-8-10(14-12(21)5-4-6-18-14)13-11(16)7-19-15(17)20-13/h4-9H,3H2,1-2H3,(H2,17,19,20). The van der Waals surface area contributed by atoms with Crippen LogP contribution in [0.3, 0.4) is 0 Å². The lowest BCUT2D eigenvalue weighted by molar-refractivity contribution is 0.548. The number of rotatable bonds is 3. The fourth-order valence-corrected chi connectivity index (χ4v) is 2.39. The molecule has 6 heteroatoms. The number of hydrogen-bond acceptors (Lipinski definition) is 4. The number of aromatic nitrogens is 4. The van der Waals surface area contributed by atoms with Crippen LogP contribution >= 0.6 is 0 Å². The predicted molar refractivity (Wildman–Crippen MR) is 80.1 cm³/mol. The van der Waals surface area contributed by atoms with Crippen LogP contribution in [0.2, 0.25) is 0 Å². The summed E-state index contributed by atoms with van der Waals surface area (Å²) in [6.45, 7) is 4.22. The lowest BCUT2D eigenvalue weighted by Crippen LogP contribution is -2.01. The summed E-state index contributed by atoms with van der Waals surface area (Å²) in [5.74, 6) is -0.454. The number of anilines is 1. The fourth-order valence-electron chi connectivity index (χ4n) is 2.39. The second kappa shape index (κ2) is 5.12. The van der Waals surface area contributed by atoms with Crippen molar-refractivity contribution in [3.8, 4) is 11.3 Å². The van der Waals surface area contributed by atoms with Crippen LogP contribution in [0.4, 0.5) is 10.3 Å². The molecule has 0 fully saturated rings. The first-order valence-electron chi connectivity index (χ1n) is 6.85. The Balaban J connectivity index is 2.30. The van der Waals surface area contributed by atoms with E-state index in [2.05, 4.69) is 33.4 Å². The van der Waals surface area contributed by atoms with Gasteiger partial charge in [-0.3, -0.25) is 4.98 Å². The van der Waals surface area contributed by atoms with Gasteiger partial charge in [0.15, 0.2) is 5.82 Å². The normalized spacial score (nSPS) is 12.7. The first-order chi connectivity index (χ1) is 10.1. The fraction of sp³-hybridized carbons (Fsp3) is 0.267. The lowest BCUT2D eigenvalue weighted by atomic mass is 10.2. The van der Waals surface area contributed by atoms with Gasteiger partial charge in [-0.2, -0.15) is 0 Å². The van der Waals surface area contributed by atoms with Crippen molar-refractivity contribution in [2.24, 2.45) is 0 Å². The molecule has 1 atom stereocenters. The van der Waals surface area contributed by atoms with Crippen molar-refractivity contribution in [2.75, 3.05) is 5.73 Å². The number of nitrogens with zero attached hydrogens (tertiary/aromatic N) is 4. The van der Waals surface area contributed by atoms with Crippen LogP contribution in [0.15, 0.2) is 30.7 Å². The van der Waals surface area contributed by atoms with Gasteiger partial charge < -0.3 is 10.3 Å². The molecule has 3 aromatic rings. The molecule has 3 aromatic heterocycles. The first kappa shape index (κ1) is 13.5. The van der Waals surface area contributed by atoms with Crippen molar-refractivity contribution in [1.29, 1.82) is 0 Å². The Morgan fingerprint density at radius 2 is 2.19 bits per heavy atom. The van der Waals surface area contributed by atoms with E-state index in [1.54, 1.807) is 6.20 Å². The Bertz CT molecular complexity index is 796. The van der Waals surface area contributed by atoms with Crippen molar-refractivity contribution in [1.82, 2.24) is 19.5 Å². The van der Waals surface area contributed by atoms with Crippen LogP contribution in [0.5, 0.6) is 0 Å². The zero-order chi connectivity index (χ0) is 15.0. The Morgan fingerprint density at radius 1 is 1.38 bits per heavy atom. The second-order valence-electron chi connectivity index (χ2n) is 5.00. The SMILES string of the molecule is CCC(C)n1cc(-c2nc(N)ncc2F)c2ncccc21. The second-order valence-corrected chi connectivity index (χ2v) is 5.00. The third-order valence-corrected chi connectivity index (χ3v) is 3.67. The van der Waals surface area contributed by atoms with Crippen LogP contribution in [0, 0.1) is 5.82 Å². The molecule has 3 heterocycles. The van der Waals surface area contributed by atoms with Crippen LogP contribution in [0.1, 0.15) is 26.3 Å². The molecule has 0 spiro atoms. The highest BCUT2D eigenvalue weighted by Crippen LogP contribution is 2.32. The maximum Gasteiger partial charge on any atom is 0.220 e. The van der Waals surface area contributed by atoms with Crippen molar-refractivity contribution in [2.45, 2.75) is 26.3 Å².